The molecule has 0 fully saturated rings. The minimum Gasteiger partial charge on any atom is -0.481 e. The van der Waals surface area contributed by atoms with E-state index >= 15 is 0 Å². The quantitative estimate of drug-likeness (QED) is 0.182. The van der Waals surface area contributed by atoms with Crippen molar-refractivity contribution in [3.8, 4) is 0 Å². The maximum atomic E-state index is 11.4. The molecule has 0 rings (SSSR count). The molecule has 0 spiro atoms. The van der Waals surface area contributed by atoms with Crippen molar-refractivity contribution in [3.05, 3.63) is 0 Å². The summed E-state index contributed by atoms with van der Waals surface area (Å²) in [5, 5.41) is 39.2. The Balaban J connectivity index is 4.29. The second kappa shape index (κ2) is 16.6. The maximum Gasteiger partial charge on any atom is 0.320 e. The summed E-state index contributed by atoms with van der Waals surface area (Å²) in [5.74, 6) is -5.06. The largest absolute Gasteiger partial charge is 0.481 e. The number of carboxylic acid groups (broad SMARTS) is 4. The van der Waals surface area contributed by atoms with E-state index in [4.69, 9.17) is 10.2 Å². The van der Waals surface area contributed by atoms with Crippen LogP contribution in [0.15, 0.2) is 0 Å². The van der Waals surface area contributed by atoms with Gasteiger partial charge < -0.3 is 25.7 Å². The van der Waals surface area contributed by atoms with Crippen LogP contribution in [0, 0.1) is 11.8 Å². The Hall–Kier alpha value is -2.16. The monoisotopic (exact) mass is 431 g/mol. The van der Waals surface area contributed by atoms with Gasteiger partial charge >= 0.3 is 23.9 Å². The van der Waals surface area contributed by atoms with E-state index in [-0.39, 0.29) is 25.8 Å². The zero-order valence-electron chi connectivity index (χ0n) is 17.8. The standard InChI is InChI=1S/C21H37NO8/c1-2-3-4-5-8-15(19(25)26)9-6-7-10-16(20(27)28)13-14-22-17(21(29)30)11-12-18(23)24/h15-17,22H,2-14H2,1H3,(H,23,24)(H,25,26)(H,27,28)(H,29,30). The molecule has 0 bridgehead atoms. The van der Waals surface area contributed by atoms with Gasteiger partial charge in [-0.05, 0) is 38.6 Å². The molecule has 0 aromatic rings. The van der Waals surface area contributed by atoms with Gasteiger partial charge in [-0.2, -0.15) is 0 Å². The molecule has 9 heteroatoms. The number of nitrogens with one attached hydrogen (secondary N) is 1. The second-order valence-electron chi connectivity index (χ2n) is 7.77. The van der Waals surface area contributed by atoms with Crippen LogP contribution in [-0.2, 0) is 19.2 Å². The summed E-state index contributed by atoms with van der Waals surface area (Å²) in [6.07, 6.45) is 6.78. The smallest absolute Gasteiger partial charge is 0.320 e. The van der Waals surface area contributed by atoms with E-state index in [2.05, 4.69) is 12.2 Å². The number of carbonyl (C=O) groups is 4. The highest BCUT2D eigenvalue weighted by Gasteiger charge is 2.22. The normalized spacial score (nSPS) is 14.0. The van der Waals surface area contributed by atoms with Crippen LogP contribution in [-0.4, -0.2) is 56.9 Å². The molecular weight excluding hydrogens is 394 g/mol. The third kappa shape index (κ3) is 13.9. The van der Waals surface area contributed by atoms with Crippen molar-refractivity contribution in [3.63, 3.8) is 0 Å². The minimum absolute atomic E-state index is 0.0722. The molecule has 9 nitrogen and oxygen atoms in total. The van der Waals surface area contributed by atoms with E-state index in [9.17, 15) is 29.4 Å². The fourth-order valence-electron chi connectivity index (χ4n) is 3.39. The number of rotatable bonds is 20. The van der Waals surface area contributed by atoms with Crippen LogP contribution in [0.2, 0.25) is 0 Å². The SMILES string of the molecule is CCCCCCC(CCCCC(CCNC(CCC(=O)O)C(=O)O)C(=O)O)C(=O)O. The summed E-state index contributed by atoms with van der Waals surface area (Å²) in [6.45, 7) is 2.25. The van der Waals surface area contributed by atoms with Gasteiger partial charge in [0.1, 0.15) is 6.04 Å². The maximum absolute atomic E-state index is 11.4. The first kappa shape index (κ1) is 27.8. The highest BCUT2D eigenvalue weighted by molar-refractivity contribution is 5.75. The van der Waals surface area contributed by atoms with Gasteiger partial charge in [0.2, 0.25) is 0 Å². The number of aliphatic carboxylic acids is 4. The molecule has 0 aliphatic carbocycles. The van der Waals surface area contributed by atoms with Crippen LogP contribution in [0.5, 0.6) is 0 Å². The molecule has 3 atom stereocenters. The molecule has 0 aromatic carbocycles. The molecule has 0 aromatic heterocycles. The average Bonchev–Trinajstić information content (AvgIpc) is 2.66. The lowest BCUT2D eigenvalue weighted by Gasteiger charge is -2.17. The summed E-state index contributed by atoms with van der Waals surface area (Å²) in [6, 6.07) is -1.03. The molecule has 0 heterocycles. The Labute approximate surface area is 177 Å². The van der Waals surface area contributed by atoms with Crippen LogP contribution < -0.4 is 5.32 Å². The van der Waals surface area contributed by atoms with E-state index in [1.165, 1.54) is 0 Å². The third-order valence-corrected chi connectivity index (χ3v) is 5.29. The van der Waals surface area contributed by atoms with Crippen molar-refractivity contribution in [2.24, 2.45) is 11.8 Å². The van der Waals surface area contributed by atoms with Crippen LogP contribution >= 0.6 is 0 Å². The Bertz CT molecular complexity index is 537. The van der Waals surface area contributed by atoms with Gasteiger partial charge in [0.25, 0.3) is 0 Å². The van der Waals surface area contributed by atoms with Crippen molar-refractivity contribution < 1.29 is 39.6 Å². The number of carboxylic acids is 4. The molecule has 3 unspecified atom stereocenters. The van der Waals surface area contributed by atoms with Crippen LogP contribution in [0.25, 0.3) is 0 Å². The van der Waals surface area contributed by atoms with Gasteiger partial charge in [-0.25, -0.2) is 0 Å². The first-order valence-corrected chi connectivity index (χ1v) is 10.8. The molecule has 5 N–H and O–H groups in total. The number of hydrogen-bond acceptors (Lipinski definition) is 5. The first-order chi connectivity index (χ1) is 14.2. The predicted molar refractivity (Wildman–Crippen MR) is 110 cm³/mol. The van der Waals surface area contributed by atoms with Crippen molar-refractivity contribution in [1.29, 1.82) is 0 Å². The van der Waals surface area contributed by atoms with Gasteiger partial charge in [0.15, 0.2) is 0 Å². The van der Waals surface area contributed by atoms with E-state index in [0.717, 1.165) is 25.7 Å². The summed E-state index contributed by atoms with van der Waals surface area (Å²) in [4.78, 5) is 44.5. The Morgan fingerprint density at radius 2 is 1.17 bits per heavy atom. The van der Waals surface area contributed by atoms with Crippen molar-refractivity contribution in [2.75, 3.05) is 6.54 Å². The van der Waals surface area contributed by atoms with Crippen molar-refractivity contribution >= 4 is 23.9 Å². The van der Waals surface area contributed by atoms with E-state index in [1.54, 1.807) is 0 Å². The van der Waals surface area contributed by atoms with Gasteiger partial charge in [0, 0.05) is 6.42 Å². The first-order valence-electron chi connectivity index (χ1n) is 10.8. The minimum atomic E-state index is -1.17. The van der Waals surface area contributed by atoms with Crippen LogP contribution in [0.4, 0.5) is 0 Å². The predicted octanol–water partition coefficient (Wildman–Crippen LogP) is 3.22. The highest BCUT2D eigenvalue weighted by Crippen LogP contribution is 2.20. The fourth-order valence-corrected chi connectivity index (χ4v) is 3.39. The average molecular weight is 432 g/mol. The molecule has 0 aliphatic heterocycles. The summed E-state index contributed by atoms with van der Waals surface area (Å²) < 4.78 is 0. The lowest BCUT2D eigenvalue weighted by molar-refractivity contribution is -0.143. The summed E-state index contributed by atoms with van der Waals surface area (Å²) in [7, 11) is 0. The summed E-state index contributed by atoms with van der Waals surface area (Å²) in [5.41, 5.74) is 0. The highest BCUT2D eigenvalue weighted by atomic mass is 16.4. The third-order valence-electron chi connectivity index (χ3n) is 5.29. The molecule has 0 saturated carbocycles. The zero-order valence-corrected chi connectivity index (χ0v) is 17.8. The van der Waals surface area contributed by atoms with Crippen molar-refractivity contribution in [2.45, 2.75) is 90.0 Å². The molecular formula is C21H37NO8. The fraction of sp³-hybridized carbons (Fsp3) is 0.810. The van der Waals surface area contributed by atoms with Crippen LogP contribution in [0.3, 0.4) is 0 Å². The van der Waals surface area contributed by atoms with E-state index < -0.39 is 41.8 Å². The van der Waals surface area contributed by atoms with Gasteiger partial charge in [-0.3, -0.25) is 19.2 Å². The molecule has 0 radical (unpaired) electrons. The number of unbranched alkanes of at least 4 members (excludes halogenated alkanes) is 4. The van der Waals surface area contributed by atoms with E-state index in [0.29, 0.717) is 32.1 Å². The van der Waals surface area contributed by atoms with E-state index in [1.807, 2.05) is 0 Å². The lowest BCUT2D eigenvalue weighted by atomic mass is 9.92. The van der Waals surface area contributed by atoms with Gasteiger partial charge in [0.05, 0.1) is 11.8 Å². The Morgan fingerprint density at radius 1 is 0.667 bits per heavy atom. The van der Waals surface area contributed by atoms with Crippen LogP contribution in [0.1, 0.15) is 84.0 Å². The zero-order chi connectivity index (χ0) is 22.9. The molecule has 30 heavy (non-hydrogen) atoms. The second-order valence-corrected chi connectivity index (χ2v) is 7.77. The topological polar surface area (TPSA) is 161 Å². The molecule has 0 amide bonds. The molecule has 0 aliphatic rings. The van der Waals surface area contributed by atoms with Gasteiger partial charge in [-0.15, -0.1) is 0 Å². The van der Waals surface area contributed by atoms with Gasteiger partial charge in [-0.1, -0.05) is 45.4 Å². The number of hydrogen-bond donors (Lipinski definition) is 5. The lowest BCUT2D eigenvalue weighted by Crippen LogP contribution is -2.38. The Morgan fingerprint density at radius 3 is 1.60 bits per heavy atom. The molecule has 174 valence electrons. The van der Waals surface area contributed by atoms with Crippen molar-refractivity contribution in [1.82, 2.24) is 5.32 Å². The summed E-state index contributed by atoms with van der Waals surface area (Å²) >= 11 is 0. The molecule has 0 saturated heterocycles. The Kier molecular flexibility index (Phi) is 15.4.